The van der Waals surface area contributed by atoms with E-state index < -0.39 is 0 Å². The maximum absolute atomic E-state index is 5.63. The third-order valence-electron chi connectivity index (χ3n) is 2.34. The van der Waals surface area contributed by atoms with Gasteiger partial charge in [-0.25, -0.2) is 0 Å². The fraction of sp³-hybridized carbons (Fsp3) is 0.538. The third-order valence-corrected chi connectivity index (χ3v) is 2.34. The van der Waals surface area contributed by atoms with Crippen LogP contribution in [0.5, 0.6) is 11.5 Å². The van der Waals surface area contributed by atoms with Crippen molar-refractivity contribution in [3.63, 3.8) is 0 Å². The zero-order valence-electron chi connectivity index (χ0n) is 10.7. The smallest absolute Gasteiger partial charge is 0.161 e. The van der Waals surface area contributed by atoms with Crippen LogP contribution in [-0.4, -0.2) is 40.0 Å². The van der Waals surface area contributed by atoms with Crippen molar-refractivity contribution in [1.29, 1.82) is 0 Å². The Kier molecular flexibility index (Phi) is 6.43. The van der Waals surface area contributed by atoms with Gasteiger partial charge in [-0.3, -0.25) is 0 Å². The SMILES string of the molecule is COCC(C)NCCOc1ccccc1OC. The molecule has 1 aromatic carbocycles. The van der Waals surface area contributed by atoms with Crippen LogP contribution in [0.1, 0.15) is 6.92 Å². The van der Waals surface area contributed by atoms with E-state index in [1.165, 1.54) is 0 Å². The van der Waals surface area contributed by atoms with Crippen molar-refractivity contribution >= 4 is 0 Å². The summed E-state index contributed by atoms with van der Waals surface area (Å²) in [4.78, 5) is 0. The first-order valence-electron chi connectivity index (χ1n) is 5.76. The van der Waals surface area contributed by atoms with Gasteiger partial charge in [-0.15, -0.1) is 0 Å². The molecule has 1 atom stereocenters. The second-order valence-corrected chi connectivity index (χ2v) is 3.81. The molecule has 0 saturated heterocycles. The van der Waals surface area contributed by atoms with Gasteiger partial charge in [-0.1, -0.05) is 12.1 Å². The predicted octanol–water partition coefficient (Wildman–Crippen LogP) is 1.70. The average molecular weight is 239 g/mol. The Balaban J connectivity index is 2.26. The van der Waals surface area contributed by atoms with Crippen LogP contribution in [0.25, 0.3) is 0 Å². The zero-order valence-corrected chi connectivity index (χ0v) is 10.7. The summed E-state index contributed by atoms with van der Waals surface area (Å²) in [5, 5.41) is 3.30. The molecule has 1 rings (SSSR count). The van der Waals surface area contributed by atoms with Gasteiger partial charge in [0.15, 0.2) is 11.5 Å². The molecule has 0 spiro atoms. The highest BCUT2D eigenvalue weighted by Crippen LogP contribution is 2.25. The highest BCUT2D eigenvalue weighted by Gasteiger charge is 2.03. The summed E-state index contributed by atoms with van der Waals surface area (Å²) in [5.74, 6) is 1.54. The van der Waals surface area contributed by atoms with E-state index in [9.17, 15) is 0 Å². The average Bonchev–Trinajstić information content (AvgIpc) is 2.35. The molecule has 0 aliphatic heterocycles. The van der Waals surface area contributed by atoms with Gasteiger partial charge in [-0.05, 0) is 19.1 Å². The van der Waals surface area contributed by atoms with E-state index in [2.05, 4.69) is 12.2 Å². The molecule has 0 aliphatic rings. The fourth-order valence-electron chi connectivity index (χ4n) is 1.51. The molecule has 1 N–H and O–H groups in total. The van der Waals surface area contributed by atoms with Gasteiger partial charge in [0.2, 0.25) is 0 Å². The van der Waals surface area contributed by atoms with Crippen LogP contribution in [0, 0.1) is 0 Å². The molecule has 1 unspecified atom stereocenters. The van der Waals surface area contributed by atoms with E-state index in [0.29, 0.717) is 19.3 Å². The largest absolute Gasteiger partial charge is 0.493 e. The summed E-state index contributed by atoms with van der Waals surface area (Å²) in [6.45, 7) is 4.16. The number of methoxy groups -OCH3 is 2. The molecule has 0 heterocycles. The van der Waals surface area contributed by atoms with Crippen molar-refractivity contribution in [2.75, 3.05) is 34.0 Å². The lowest BCUT2D eigenvalue weighted by Gasteiger charge is -2.14. The summed E-state index contributed by atoms with van der Waals surface area (Å²) in [6, 6.07) is 7.97. The summed E-state index contributed by atoms with van der Waals surface area (Å²) in [6.07, 6.45) is 0. The Morgan fingerprint density at radius 3 is 2.53 bits per heavy atom. The number of para-hydroxylation sites is 2. The van der Waals surface area contributed by atoms with Crippen molar-refractivity contribution in [2.24, 2.45) is 0 Å². The topological polar surface area (TPSA) is 39.7 Å². The molecule has 96 valence electrons. The molecule has 0 bridgehead atoms. The summed E-state index contributed by atoms with van der Waals surface area (Å²) in [7, 11) is 3.34. The van der Waals surface area contributed by atoms with Crippen molar-refractivity contribution in [3.8, 4) is 11.5 Å². The van der Waals surface area contributed by atoms with Crippen LogP contribution < -0.4 is 14.8 Å². The quantitative estimate of drug-likeness (QED) is 0.701. The van der Waals surface area contributed by atoms with E-state index in [4.69, 9.17) is 14.2 Å². The molecule has 0 aliphatic carbocycles. The van der Waals surface area contributed by atoms with Gasteiger partial charge < -0.3 is 19.5 Å². The first-order valence-corrected chi connectivity index (χ1v) is 5.76. The van der Waals surface area contributed by atoms with E-state index in [1.54, 1.807) is 14.2 Å². The summed E-state index contributed by atoms with van der Waals surface area (Å²) >= 11 is 0. The molecular formula is C13H21NO3. The molecule has 0 saturated carbocycles. The predicted molar refractivity (Wildman–Crippen MR) is 67.8 cm³/mol. The minimum absolute atomic E-state index is 0.335. The lowest BCUT2D eigenvalue weighted by Crippen LogP contribution is -2.33. The maximum Gasteiger partial charge on any atom is 0.161 e. The van der Waals surface area contributed by atoms with Gasteiger partial charge in [-0.2, -0.15) is 0 Å². The van der Waals surface area contributed by atoms with E-state index in [1.807, 2.05) is 24.3 Å². The summed E-state index contributed by atoms with van der Waals surface area (Å²) < 4.78 is 15.9. The van der Waals surface area contributed by atoms with Crippen molar-refractivity contribution in [3.05, 3.63) is 24.3 Å². The molecule has 4 heteroatoms. The van der Waals surface area contributed by atoms with Crippen LogP contribution in [0.2, 0.25) is 0 Å². The van der Waals surface area contributed by atoms with Gasteiger partial charge in [0.1, 0.15) is 6.61 Å². The Labute approximate surface area is 103 Å². The summed E-state index contributed by atoms with van der Waals surface area (Å²) in [5.41, 5.74) is 0. The lowest BCUT2D eigenvalue weighted by molar-refractivity contribution is 0.169. The Morgan fingerprint density at radius 2 is 1.88 bits per heavy atom. The minimum atomic E-state index is 0.335. The van der Waals surface area contributed by atoms with Crippen LogP contribution in [0.15, 0.2) is 24.3 Å². The number of hydrogen-bond donors (Lipinski definition) is 1. The molecule has 17 heavy (non-hydrogen) atoms. The van der Waals surface area contributed by atoms with Gasteiger partial charge in [0.25, 0.3) is 0 Å². The number of ether oxygens (including phenoxy) is 3. The lowest BCUT2D eigenvalue weighted by atomic mass is 10.3. The molecule has 0 fully saturated rings. The first kappa shape index (κ1) is 13.8. The molecule has 0 aromatic heterocycles. The van der Waals surface area contributed by atoms with Crippen molar-refractivity contribution in [2.45, 2.75) is 13.0 Å². The second-order valence-electron chi connectivity index (χ2n) is 3.81. The Bertz CT molecular complexity index is 317. The number of rotatable bonds is 8. The molecular weight excluding hydrogens is 218 g/mol. The Hall–Kier alpha value is -1.26. The first-order chi connectivity index (χ1) is 8.27. The van der Waals surface area contributed by atoms with E-state index in [-0.39, 0.29) is 0 Å². The number of nitrogens with one attached hydrogen (secondary N) is 1. The van der Waals surface area contributed by atoms with E-state index in [0.717, 1.165) is 18.0 Å². The van der Waals surface area contributed by atoms with Crippen LogP contribution in [-0.2, 0) is 4.74 Å². The van der Waals surface area contributed by atoms with Crippen molar-refractivity contribution in [1.82, 2.24) is 5.32 Å². The Morgan fingerprint density at radius 1 is 1.18 bits per heavy atom. The van der Waals surface area contributed by atoms with Gasteiger partial charge >= 0.3 is 0 Å². The van der Waals surface area contributed by atoms with Crippen LogP contribution >= 0.6 is 0 Å². The number of benzene rings is 1. The normalized spacial score (nSPS) is 12.2. The van der Waals surface area contributed by atoms with Crippen molar-refractivity contribution < 1.29 is 14.2 Å². The monoisotopic (exact) mass is 239 g/mol. The maximum atomic E-state index is 5.63. The standard InChI is InChI=1S/C13H21NO3/c1-11(10-15-2)14-8-9-17-13-7-5-4-6-12(13)16-3/h4-7,11,14H,8-10H2,1-3H3. The van der Waals surface area contributed by atoms with Crippen LogP contribution in [0.4, 0.5) is 0 Å². The molecule has 0 radical (unpaired) electrons. The third kappa shape index (κ3) is 5.06. The van der Waals surface area contributed by atoms with Gasteiger partial charge in [0, 0.05) is 19.7 Å². The highest BCUT2D eigenvalue weighted by molar-refractivity contribution is 5.39. The van der Waals surface area contributed by atoms with Gasteiger partial charge in [0.05, 0.1) is 13.7 Å². The number of hydrogen-bond acceptors (Lipinski definition) is 4. The van der Waals surface area contributed by atoms with Crippen LogP contribution in [0.3, 0.4) is 0 Å². The molecule has 1 aromatic rings. The second kappa shape index (κ2) is 7.92. The van der Waals surface area contributed by atoms with E-state index >= 15 is 0 Å². The molecule has 0 amide bonds. The minimum Gasteiger partial charge on any atom is -0.493 e. The molecule has 4 nitrogen and oxygen atoms in total. The fourth-order valence-corrected chi connectivity index (χ4v) is 1.51. The highest BCUT2D eigenvalue weighted by atomic mass is 16.5. The zero-order chi connectivity index (χ0) is 12.5.